The average Bonchev–Trinajstić information content (AvgIpc) is 3.11. The maximum Gasteiger partial charge on any atom is 0.472 e. The van der Waals surface area contributed by atoms with Crippen LogP contribution >= 0.6 is 7.82 Å². The van der Waals surface area contributed by atoms with Crippen LogP contribution in [-0.4, -0.2) is 49.3 Å². The summed E-state index contributed by atoms with van der Waals surface area (Å²) in [6.07, 6.45) is 37.1. The normalized spacial score (nSPS) is 13.3. The first-order valence-electron chi connectivity index (χ1n) is 21.5. The van der Waals surface area contributed by atoms with Gasteiger partial charge in [0, 0.05) is 19.4 Å². The predicted molar refractivity (Wildman–Crippen MR) is 211 cm³/mol. The minimum atomic E-state index is -4.36. The zero-order valence-corrected chi connectivity index (χ0v) is 34.3. The standard InChI is InChI=1S/C41H82NO8P/c1-3-5-7-9-11-13-15-16-17-18-19-20-21-22-24-25-27-29-31-33-40(43)47-37-39(38-49-51(45,46)48-36-35-42)50-41(44)34-32-30-28-26-23-14-12-10-8-6-4-2/h39H,3-38,42H2,1-2H3,(H,45,46)/t39-/m0/s1. The van der Waals surface area contributed by atoms with E-state index in [1.165, 1.54) is 154 Å². The summed E-state index contributed by atoms with van der Waals surface area (Å²) in [5, 5.41) is 0. The zero-order valence-electron chi connectivity index (χ0n) is 33.4. The second-order valence-electron chi connectivity index (χ2n) is 14.6. The molecule has 0 fully saturated rings. The molecule has 3 N–H and O–H groups in total. The number of rotatable bonds is 41. The minimum Gasteiger partial charge on any atom is -0.462 e. The van der Waals surface area contributed by atoms with E-state index >= 15 is 0 Å². The average molecular weight is 748 g/mol. The molecular formula is C41H82NO8P. The molecule has 0 aromatic heterocycles. The van der Waals surface area contributed by atoms with Crippen molar-refractivity contribution in [2.45, 2.75) is 225 Å². The Hall–Kier alpha value is -0.990. The highest BCUT2D eigenvalue weighted by atomic mass is 31.2. The molecule has 0 spiro atoms. The van der Waals surface area contributed by atoms with Gasteiger partial charge < -0.3 is 20.1 Å². The summed E-state index contributed by atoms with van der Waals surface area (Å²) in [4.78, 5) is 34.8. The first-order chi connectivity index (χ1) is 24.8. The van der Waals surface area contributed by atoms with E-state index in [2.05, 4.69) is 13.8 Å². The summed E-state index contributed by atoms with van der Waals surface area (Å²) >= 11 is 0. The molecule has 0 heterocycles. The molecular weight excluding hydrogens is 665 g/mol. The molecule has 2 atom stereocenters. The van der Waals surface area contributed by atoms with E-state index in [0.29, 0.717) is 6.42 Å². The zero-order chi connectivity index (χ0) is 37.5. The topological polar surface area (TPSA) is 134 Å². The van der Waals surface area contributed by atoms with Crippen molar-refractivity contribution in [3.05, 3.63) is 0 Å². The summed E-state index contributed by atoms with van der Waals surface area (Å²) < 4.78 is 32.7. The van der Waals surface area contributed by atoms with Crippen molar-refractivity contribution in [2.75, 3.05) is 26.4 Å². The first kappa shape index (κ1) is 50.0. The fourth-order valence-electron chi connectivity index (χ4n) is 6.28. The summed E-state index contributed by atoms with van der Waals surface area (Å²) in [5.74, 6) is -0.815. The van der Waals surface area contributed by atoms with Gasteiger partial charge in [-0.15, -0.1) is 0 Å². The number of hydrogen-bond donors (Lipinski definition) is 2. The van der Waals surface area contributed by atoms with Gasteiger partial charge in [0.05, 0.1) is 13.2 Å². The van der Waals surface area contributed by atoms with Crippen LogP contribution in [0, 0.1) is 0 Å². The number of phosphoric ester groups is 1. The summed E-state index contributed by atoms with van der Waals surface area (Å²) in [5.41, 5.74) is 5.34. The van der Waals surface area contributed by atoms with E-state index in [0.717, 1.165) is 32.1 Å². The monoisotopic (exact) mass is 748 g/mol. The highest BCUT2D eigenvalue weighted by Gasteiger charge is 2.26. The predicted octanol–water partition coefficient (Wildman–Crippen LogP) is 12.1. The molecule has 0 aromatic rings. The quantitative estimate of drug-likeness (QED) is 0.0356. The molecule has 9 nitrogen and oxygen atoms in total. The Morgan fingerprint density at radius 1 is 0.510 bits per heavy atom. The van der Waals surface area contributed by atoms with Crippen LogP contribution in [0.15, 0.2) is 0 Å². The van der Waals surface area contributed by atoms with E-state index in [-0.39, 0.29) is 38.6 Å². The summed E-state index contributed by atoms with van der Waals surface area (Å²) in [6.45, 7) is 3.76. The summed E-state index contributed by atoms with van der Waals surface area (Å²) in [7, 11) is -4.36. The van der Waals surface area contributed by atoms with E-state index in [1.807, 2.05) is 0 Å². The molecule has 0 aliphatic rings. The summed E-state index contributed by atoms with van der Waals surface area (Å²) in [6, 6.07) is 0. The van der Waals surface area contributed by atoms with Gasteiger partial charge in [0.25, 0.3) is 0 Å². The molecule has 0 saturated carbocycles. The Morgan fingerprint density at radius 2 is 0.843 bits per heavy atom. The van der Waals surface area contributed by atoms with Gasteiger partial charge >= 0.3 is 19.8 Å². The van der Waals surface area contributed by atoms with E-state index in [4.69, 9.17) is 24.3 Å². The van der Waals surface area contributed by atoms with Crippen molar-refractivity contribution < 1.29 is 37.6 Å². The number of hydrogen-bond acceptors (Lipinski definition) is 8. The lowest BCUT2D eigenvalue weighted by atomic mass is 10.0. The van der Waals surface area contributed by atoms with Crippen molar-refractivity contribution in [1.29, 1.82) is 0 Å². The molecule has 0 saturated heterocycles. The Morgan fingerprint density at radius 3 is 1.20 bits per heavy atom. The van der Waals surface area contributed by atoms with Gasteiger partial charge in [0.1, 0.15) is 6.61 Å². The molecule has 304 valence electrons. The SMILES string of the molecule is CCCCCCCCCCCCCCCCCCCCCC(=O)OC[C@@H](COP(=O)(O)OCCN)OC(=O)CCCCCCCCCCCCC. The lowest BCUT2D eigenvalue weighted by molar-refractivity contribution is -0.161. The molecule has 0 rings (SSSR count). The smallest absolute Gasteiger partial charge is 0.462 e. The van der Waals surface area contributed by atoms with Crippen LogP contribution in [0.3, 0.4) is 0 Å². The lowest BCUT2D eigenvalue weighted by Gasteiger charge is -2.19. The number of phosphoric acid groups is 1. The van der Waals surface area contributed by atoms with Crippen molar-refractivity contribution in [1.82, 2.24) is 0 Å². The van der Waals surface area contributed by atoms with E-state index in [1.54, 1.807) is 0 Å². The van der Waals surface area contributed by atoms with Gasteiger partial charge in [-0.05, 0) is 12.8 Å². The number of carbonyl (C=O) groups excluding carboxylic acids is 2. The van der Waals surface area contributed by atoms with Crippen molar-refractivity contribution in [2.24, 2.45) is 5.73 Å². The van der Waals surface area contributed by atoms with Crippen LogP contribution in [0.25, 0.3) is 0 Å². The Bertz CT molecular complexity index is 815. The number of carbonyl (C=O) groups is 2. The van der Waals surface area contributed by atoms with Crippen LogP contribution < -0.4 is 5.73 Å². The van der Waals surface area contributed by atoms with E-state index < -0.39 is 26.5 Å². The van der Waals surface area contributed by atoms with Gasteiger partial charge in [-0.3, -0.25) is 18.6 Å². The molecule has 0 aliphatic carbocycles. The molecule has 0 amide bonds. The number of unbranched alkanes of at least 4 members (excludes halogenated alkanes) is 28. The fraction of sp³-hybridized carbons (Fsp3) is 0.951. The molecule has 51 heavy (non-hydrogen) atoms. The first-order valence-corrected chi connectivity index (χ1v) is 23.0. The second-order valence-corrected chi connectivity index (χ2v) is 16.0. The largest absolute Gasteiger partial charge is 0.472 e. The van der Waals surface area contributed by atoms with Crippen LogP contribution in [0.4, 0.5) is 0 Å². The lowest BCUT2D eigenvalue weighted by Crippen LogP contribution is -2.29. The fourth-order valence-corrected chi connectivity index (χ4v) is 7.05. The Kier molecular flexibility index (Phi) is 38.0. The Balaban J connectivity index is 4.04. The number of nitrogens with two attached hydrogens (primary N) is 1. The molecule has 1 unspecified atom stereocenters. The Labute approximate surface area is 314 Å². The molecule has 0 bridgehead atoms. The third kappa shape index (κ3) is 38.5. The number of esters is 2. The highest BCUT2D eigenvalue weighted by Crippen LogP contribution is 2.43. The van der Waals surface area contributed by atoms with Crippen molar-refractivity contribution in [3.63, 3.8) is 0 Å². The second kappa shape index (κ2) is 38.7. The van der Waals surface area contributed by atoms with Crippen LogP contribution in [0.1, 0.15) is 219 Å². The van der Waals surface area contributed by atoms with E-state index in [9.17, 15) is 19.0 Å². The van der Waals surface area contributed by atoms with Crippen LogP contribution in [0.2, 0.25) is 0 Å². The van der Waals surface area contributed by atoms with Gasteiger partial charge in [0.15, 0.2) is 6.10 Å². The maximum atomic E-state index is 12.5. The third-order valence-electron chi connectivity index (χ3n) is 9.49. The van der Waals surface area contributed by atoms with Crippen LogP contribution in [0.5, 0.6) is 0 Å². The molecule has 0 radical (unpaired) electrons. The van der Waals surface area contributed by atoms with Crippen molar-refractivity contribution >= 4 is 19.8 Å². The minimum absolute atomic E-state index is 0.0579. The van der Waals surface area contributed by atoms with Crippen molar-refractivity contribution in [3.8, 4) is 0 Å². The molecule has 10 heteroatoms. The van der Waals surface area contributed by atoms with Gasteiger partial charge in [-0.25, -0.2) is 4.57 Å². The number of ether oxygens (including phenoxy) is 2. The highest BCUT2D eigenvalue weighted by molar-refractivity contribution is 7.47. The third-order valence-corrected chi connectivity index (χ3v) is 10.5. The van der Waals surface area contributed by atoms with Gasteiger partial charge in [-0.1, -0.05) is 194 Å². The van der Waals surface area contributed by atoms with Gasteiger partial charge in [0.2, 0.25) is 0 Å². The van der Waals surface area contributed by atoms with Gasteiger partial charge in [-0.2, -0.15) is 0 Å². The molecule has 0 aromatic carbocycles. The molecule has 0 aliphatic heterocycles. The maximum absolute atomic E-state index is 12.5. The van der Waals surface area contributed by atoms with Crippen LogP contribution in [-0.2, 0) is 32.7 Å².